The van der Waals surface area contributed by atoms with Crippen LogP contribution in [0.2, 0.25) is 0 Å². The second-order valence-electron chi connectivity index (χ2n) is 3.20. The van der Waals surface area contributed by atoms with Crippen molar-refractivity contribution in [3.05, 3.63) is 17.6 Å². The van der Waals surface area contributed by atoms with Crippen molar-refractivity contribution in [3.63, 3.8) is 0 Å². The minimum atomic E-state index is -0.868. The Bertz CT molecular complexity index is 232. The van der Waals surface area contributed by atoms with Gasteiger partial charge in [-0.15, -0.1) is 11.5 Å². The van der Waals surface area contributed by atoms with E-state index in [0.717, 1.165) is 0 Å². The predicted molar refractivity (Wildman–Crippen MR) is 46.9 cm³/mol. The SMILES string of the molecule is C=CC1(C(=O)O)CCN(N=O)CC1. The summed E-state index contributed by atoms with van der Waals surface area (Å²) in [5, 5.41) is 13.0. The van der Waals surface area contributed by atoms with Crippen molar-refractivity contribution in [2.45, 2.75) is 12.8 Å². The molecule has 0 aromatic carbocycles. The van der Waals surface area contributed by atoms with E-state index in [1.54, 1.807) is 0 Å². The van der Waals surface area contributed by atoms with E-state index in [0.29, 0.717) is 25.9 Å². The Morgan fingerprint density at radius 2 is 2.08 bits per heavy atom. The van der Waals surface area contributed by atoms with Gasteiger partial charge in [0.05, 0.1) is 10.7 Å². The molecule has 0 amide bonds. The average Bonchev–Trinajstić information content (AvgIpc) is 2.17. The van der Waals surface area contributed by atoms with Crippen LogP contribution in [-0.4, -0.2) is 29.2 Å². The summed E-state index contributed by atoms with van der Waals surface area (Å²) in [5.74, 6) is -0.868. The van der Waals surface area contributed by atoms with Crippen LogP contribution < -0.4 is 0 Å². The predicted octanol–water partition coefficient (Wildman–Crippen LogP) is 1.02. The van der Waals surface area contributed by atoms with Crippen LogP contribution in [-0.2, 0) is 4.79 Å². The van der Waals surface area contributed by atoms with Crippen molar-refractivity contribution < 1.29 is 9.90 Å². The molecule has 1 aliphatic rings. The van der Waals surface area contributed by atoms with E-state index in [1.807, 2.05) is 0 Å². The summed E-state index contributed by atoms with van der Waals surface area (Å²) < 4.78 is 0. The summed E-state index contributed by atoms with van der Waals surface area (Å²) in [4.78, 5) is 21.0. The van der Waals surface area contributed by atoms with Gasteiger partial charge in [0.2, 0.25) is 0 Å². The topological polar surface area (TPSA) is 70.0 Å². The molecule has 1 fully saturated rings. The van der Waals surface area contributed by atoms with Gasteiger partial charge in [0.15, 0.2) is 0 Å². The smallest absolute Gasteiger partial charge is 0.313 e. The van der Waals surface area contributed by atoms with Gasteiger partial charge in [-0.3, -0.25) is 9.80 Å². The van der Waals surface area contributed by atoms with E-state index in [2.05, 4.69) is 11.9 Å². The number of hydrogen-bond acceptors (Lipinski definition) is 3. The second kappa shape index (κ2) is 3.55. The van der Waals surface area contributed by atoms with Crippen molar-refractivity contribution in [2.24, 2.45) is 10.7 Å². The summed E-state index contributed by atoms with van der Waals surface area (Å²) in [6.07, 6.45) is 2.26. The van der Waals surface area contributed by atoms with E-state index in [4.69, 9.17) is 5.11 Å². The summed E-state index contributed by atoms with van der Waals surface area (Å²) >= 11 is 0. The Hall–Kier alpha value is -1.39. The maximum atomic E-state index is 10.9. The normalized spacial score (nSPS) is 20.8. The van der Waals surface area contributed by atoms with Crippen LogP contribution in [0.5, 0.6) is 0 Å². The number of nitroso groups, excluding NO2 is 1. The van der Waals surface area contributed by atoms with Crippen LogP contribution in [0.15, 0.2) is 17.9 Å². The first kappa shape index (κ1) is 9.70. The zero-order chi connectivity index (χ0) is 9.90. The van der Waals surface area contributed by atoms with Gasteiger partial charge in [0.1, 0.15) is 0 Å². The Kier molecular flexibility index (Phi) is 2.65. The number of carboxylic acid groups (broad SMARTS) is 1. The number of nitrogens with zero attached hydrogens (tertiary/aromatic N) is 2. The standard InChI is InChI=1S/C8H12N2O3/c1-2-8(7(11)12)3-5-10(9-13)6-4-8/h2H,1,3-6H2,(H,11,12). The minimum absolute atomic E-state index is 0.391. The van der Waals surface area contributed by atoms with Crippen LogP contribution in [0.4, 0.5) is 0 Å². The molecule has 1 N–H and O–H groups in total. The van der Waals surface area contributed by atoms with Crippen molar-refractivity contribution in [2.75, 3.05) is 13.1 Å². The van der Waals surface area contributed by atoms with Crippen LogP contribution >= 0.6 is 0 Å². The number of rotatable bonds is 3. The highest BCUT2D eigenvalue weighted by atomic mass is 16.4. The number of hydrogen-bond donors (Lipinski definition) is 1. The number of aliphatic carboxylic acids is 1. The largest absolute Gasteiger partial charge is 0.481 e. The monoisotopic (exact) mass is 184 g/mol. The van der Waals surface area contributed by atoms with Crippen molar-refractivity contribution in [1.82, 2.24) is 5.01 Å². The molecule has 0 aromatic heterocycles. The number of carboxylic acids is 1. The molecule has 0 bridgehead atoms. The van der Waals surface area contributed by atoms with E-state index in [-0.39, 0.29) is 0 Å². The third-order valence-electron chi connectivity index (χ3n) is 2.56. The summed E-state index contributed by atoms with van der Waals surface area (Å²) in [6.45, 7) is 4.30. The quantitative estimate of drug-likeness (QED) is 0.525. The molecule has 0 saturated carbocycles. The number of carbonyl (C=O) groups is 1. The average molecular weight is 184 g/mol. The zero-order valence-electron chi connectivity index (χ0n) is 7.27. The lowest BCUT2D eigenvalue weighted by atomic mass is 9.79. The lowest BCUT2D eigenvalue weighted by molar-refractivity contribution is -0.148. The third kappa shape index (κ3) is 1.68. The van der Waals surface area contributed by atoms with Crippen molar-refractivity contribution in [3.8, 4) is 0 Å². The van der Waals surface area contributed by atoms with Gasteiger partial charge in [0.25, 0.3) is 0 Å². The first-order valence-electron chi connectivity index (χ1n) is 4.10. The molecule has 72 valence electrons. The summed E-state index contributed by atoms with van der Waals surface area (Å²) in [5.41, 5.74) is -0.860. The van der Waals surface area contributed by atoms with Gasteiger partial charge in [0, 0.05) is 13.1 Å². The van der Waals surface area contributed by atoms with E-state index in [1.165, 1.54) is 11.1 Å². The number of piperidine rings is 1. The van der Waals surface area contributed by atoms with Crippen molar-refractivity contribution in [1.29, 1.82) is 0 Å². The third-order valence-corrected chi connectivity index (χ3v) is 2.56. The molecule has 0 aromatic rings. The fourth-order valence-electron chi connectivity index (χ4n) is 1.48. The molecule has 13 heavy (non-hydrogen) atoms. The lowest BCUT2D eigenvalue weighted by Crippen LogP contribution is -2.41. The molecule has 0 atom stereocenters. The fourth-order valence-corrected chi connectivity index (χ4v) is 1.48. The van der Waals surface area contributed by atoms with Gasteiger partial charge in [-0.25, -0.2) is 0 Å². The van der Waals surface area contributed by atoms with Crippen LogP contribution in [0.25, 0.3) is 0 Å². The highest BCUT2D eigenvalue weighted by Gasteiger charge is 2.38. The molecule has 5 heteroatoms. The lowest BCUT2D eigenvalue weighted by Gasteiger charge is -2.33. The van der Waals surface area contributed by atoms with Gasteiger partial charge in [-0.05, 0) is 12.8 Å². The summed E-state index contributed by atoms with van der Waals surface area (Å²) in [7, 11) is 0. The molecule has 0 unspecified atom stereocenters. The highest BCUT2D eigenvalue weighted by molar-refractivity contribution is 5.77. The Morgan fingerprint density at radius 1 is 1.54 bits per heavy atom. The molecule has 1 saturated heterocycles. The Labute approximate surface area is 76.0 Å². The molecule has 5 nitrogen and oxygen atoms in total. The molecule has 0 radical (unpaired) electrons. The van der Waals surface area contributed by atoms with E-state index < -0.39 is 11.4 Å². The van der Waals surface area contributed by atoms with Crippen LogP contribution in [0.3, 0.4) is 0 Å². The fraction of sp³-hybridized carbons (Fsp3) is 0.625. The molecular formula is C8H12N2O3. The Morgan fingerprint density at radius 3 is 2.38 bits per heavy atom. The van der Waals surface area contributed by atoms with Crippen LogP contribution in [0.1, 0.15) is 12.8 Å². The summed E-state index contributed by atoms with van der Waals surface area (Å²) in [6, 6.07) is 0. The van der Waals surface area contributed by atoms with E-state index in [9.17, 15) is 9.70 Å². The Balaban J connectivity index is 2.68. The maximum Gasteiger partial charge on any atom is 0.313 e. The highest BCUT2D eigenvalue weighted by Crippen LogP contribution is 2.32. The minimum Gasteiger partial charge on any atom is -0.481 e. The molecule has 0 aliphatic carbocycles. The first-order chi connectivity index (χ1) is 6.14. The van der Waals surface area contributed by atoms with Crippen LogP contribution in [0, 0.1) is 10.3 Å². The van der Waals surface area contributed by atoms with Gasteiger partial charge in [-0.2, -0.15) is 0 Å². The molecule has 1 rings (SSSR count). The molecular weight excluding hydrogens is 172 g/mol. The molecule has 1 aliphatic heterocycles. The second-order valence-corrected chi connectivity index (χ2v) is 3.20. The van der Waals surface area contributed by atoms with Crippen molar-refractivity contribution >= 4 is 5.97 Å². The van der Waals surface area contributed by atoms with Gasteiger partial charge in [-0.1, -0.05) is 6.08 Å². The maximum absolute atomic E-state index is 10.9. The van der Waals surface area contributed by atoms with Gasteiger partial charge >= 0.3 is 5.97 Å². The zero-order valence-corrected chi connectivity index (χ0v) is 7.27. The molecule has 1 heterocycles. The van der Waals surface area contributed by atoms with Gasteiger partial charge < -0.3 is 5.11 Å². The first-order valence-corrected chi connectivity index (χ1v) is 4.10. The molecule has 0 spiro atoms. The van der Waals surface area contributed by atoms with E-state index >= 15 is 0 Å².